The van der Waals surface area contributed by atoms with Gasteiger partial charge < -0.3 is 4.90 Å². The van der Waals surface area contributed by atoms with Crippen LogP contribution in [0.5, 0.6) is 0 Å². The van der Waals surface area contributed by atoms with E-state index >= 15 is 0 Å². The number of sulfonamides is 1. The van der Waals surface area contributed by atoms with Gasteiger partial charge in [0.15, 0.2) is 0 Å². The van der Waals surface area contributed by atoms with E-state index in [-0.39, 0.29) is 18.5 Å². The number of rotatable bonds is 4. The Bertz CT molecular complexity index is 400. The second-order valence-electron chi connectivity index (χ2n) is 4.34. The normalized spacial score (nSPS) is 25.8. The van der Waals surface area contributed by atoms with Crippen LogP contribution >= 0.6 is 0 Å². The minimum absolute atomic E-state index is 0.133. The van der Waals surface area contributed by atoms with Gasteiger partial charge in [-0.3, -0.25) is 4.79 Å². The highest BCUT2D eigenvalue weighted by Crippen LogP contribution is 2.23. The van der Waals surface area contributed by atoms with Gasteiger partial charge in [-0.2, -0.15) is 0 Å². The van der Waals surface area contributed by atoms with Crippen LogP contribution in [0.25, 0.3) is 0 Å². The van der Waals surface area contributed by atoms with Gasteiger partial charge in [0, 0.05) is 19.1 Å². The monoisotopic (exact) mass is 244 g/mol. The highest BCUT2D eigenvalue weighted by atomic mass is 32.2. The average Bonchev–Trinajstić information content (AvgIpc) is 2.88. The van der Waals surface area contributed by atoms with Crippen LogP contribution in [0.15, 0.2) is 12.7 Å². The van der Waals surface area contributed by atoms with E-state index in [1.807, 2.05) is 0 Å². The number of nitrogens with zero attached hydrogens (tertiary/aromatic N) is 1. The van der Waals surface area contributed by atoms with Crippen LogP contribution in [0.4, 0.5) is 0 Å². The molecule has 1 N–H and O–H groups in total. The van der Waals surface area contributed by atoms with Gasteiger partial charge in [-0.1, -0.05) is 6.58 Å². The Morgan fingerprint density at radius 1 is 1.38 bits per heavy atom. The first-order valence-corrected chi connectivity index (χ1v) is 7.00. The maximum Gasteiger partial charge on any atom is 0.245 e. The van der Waals surface area contributed by atoms with E-state index in [2.05, 4.69) is 11.3 Å². The van der Waals surface area contributed by atoms with Gasteiger partial charge in [-0.25, -0.2) is 13.1 Å². The second-order valence-corrected chi connectivity index (χ2v) is 6.33. The zero-order valence-corrected chi connectivity index (χ0v) is 9.87. The van der Waals surface area contributed by atoms with Crippen LogP contribution in [0.2, 0.25) is 0 Å². The number of hydrogen-bond donors (Lipinski definition) is 1. The second kappa shape index (κ2) is 4.18. The van der Waals surface area contributed by atoms with E-state index in [9.17, 15) is 13.2 Å². The molecule has 0 radical (unpaired) electrons. The minimum atomic E-state index is -3.25. The third kappa shape index (κ3) is 2.44. The van der Waals surface area contributed by atoms with Crippen molar-refractivity contribution in [3.63, 3.8) is 0 Å². The van der Waals surface area contributed by atoms with E-state index < -0.39 is 15.3 Å². The molecule has 90 valence electrons. The van der Waals surface area contributed by atoms with Crippen molar-refractivity contribution in [2.75, 3.05) is 13.1 Å². The summed E-state index contributed by atoms with van der Waals surface area (Å²) < 4.78 is 26.4. The molecule has 1 saturated heterocycles. The van der Waals surface area contributed by atoms with Crippen LogP contribution in [-0.4, -0.2) is 43.6 Å². The Morgan fingerprint density at radius 2 is 2.06 bits per heavy atom. The molecule has 1 heterocycles. The van der Waals surface area contributed by atoms with Crippen molar-refractivity contribution in [3.8, 4) is 0 Å². The van der Waals surface area contributed by atoms with Crippen molar-refractivity contribution in [1.82, 2.24) is 9.62 Å². The fourth-order valence-electron chi connectivity index (χ4n) is 1.84. The van der Waals surface area contributed by atoms with Crippen molar-refractivity contribution in [2.45, 2.75) is 30.6 Å². The third-order valence-corrected chi connectivity index (χ3v) is 4.90. The topological polar surface area (TPSA) is 66.5 Å². The molecule has 0 aromatic carbocycles. The molecule has 6 heteroatoms. The Morgan fingerprint density at radius 3 is 2.62 bits per heavy atom. The van der Waals surface area contributed by atoms with Gasteiger partial charge in [0.25, 0.3) is 0 Å². The van der Waals surface area contributed by atoms with E-state index in [1.54, 1.807) is 0 Å². The fraction of sp³-hybridized carbons (Fsp3) is 0.700. The predicted molar refractivity (Wildman–Crippen MR) is 60.3 cm³/mol. The maximum absolute atomic E-state index is 11.9. The standard InChI is InChI=1S/C10H16N2O3S/c1-2-10(13)12-6-5-9(7-12)16(14,15)11-8-3-4-8/h2,8-9,11H,1,3-7H2/t9-/m1/s1. The molecule has 2 fully saturated rings. The van der Waals surface area contributed by atoms with Crippen molar-refractivity contribution in [1.29, 1.82) is 0 Å². The molecular formula is C10H16N2O3S. The van der Waals surface area contributed by atoms with Crippen LogP contribution < -0.4 is 4.72 Å². The maximum atomic E-state index is 11.9. The molecule has 16 heavy (non-hydrogen) atoms. The number of carbonyl (C=O) groups is 1. The van der Waals surface area contributed by atoms with Gasteiger partial charge in [-0.05, 0) is 25.3 Å². The fourth-order valence-corrected chi connectivity index (χ4v) is 3.53. The first kappa shape index (κ1) is 11.6. The van der Waals surface area contributed by atoms with Gasteiger partial charge in [-0.15, -0.1) is 0 Å². The molecule has 5 nitrogen and oxygen atoms in total. The summed E-state index contributed by atoms with van der Waals surface area (Å²) in [6, 6.07) is 0.133. The first-order chi connectivity index (χ1) is 7.53. The van der Waals surface area contributed by atoms with Crippen LogP contribution in [-0.2, 0) is 14.8 Å². The van der Waals surface area contributed by atoms with E-state index in [0.717, 1.165) is 12.8 Å². The quantitative estimate of drug-likeness (QED) is 0.700. The summed E-state index contributed by atoms with van der Waals surface area (Å²) in [5, 5.41) is -0.461. The van der Waals surface area contributed by atoms with E-state index in [4.69, 9.17) is 0 Å². The molecule has 1 amide bonds. The van der Waals surface area contributed by atoms with Gasteiger partial charge in [0.2, 0.25) is 15.9 Å². The highest BCUT2D eigenvalue weighted by molar-refractivity contribution is 7.90. The molecule has 1 aliphatic carbocycles. The number of hydrogen-bond acceptors (Lipinski definition) is 3. The SMILES string of the molecule is C=CC(=O)N1CC[C@@H](S(=O)(=O)NC2CC2)C1. The molecule has 2 rings (SSSR count). The lowest BCUT2D eigenvalue weighted by Gasteiger charge is -2.14. The lowest BCUT2D eigenvalue weighted by molar-refractivity contribution is -0.124. The molecule has 0 aromatic rings. The molecule has 1 aliphatic heterocycles. The molecule has 0 unspecified atom stereocenters. The number of amides is 1. The number of nitrogens with one attached hydrogen (secondary N) is 1. The summed E-state index contributed by atoms with van der Waals surface area (Å²) in [6.07, 6.45) is 3.60. The molecule has 1 saturated carbocycles. The number of carbonyl (C=O) groups excluding carboxylic acids is 1. The van der Waals surface area contributed by atoms with Crippen LogP contribution in [0, 0.1) is 0 Å². The summed E-state index contributed by atoms with van der Waals surface area (Å²) in [7, 11) is -3.25. The van der Waals surface area contributed by atoms with Gasteiger partial charge in [0.1, 0.15) is 0 Å². The smallest absolute Gasteiger partial charge is 0.245 e. The lowest BCUT2D eigenvalue weighted by Crippen LogP contribution is -2.38. The Kier molecular flexibility index (Phi) is 3.03. The Labute approximate surface area is 95.6 Å². The average molecular weight is 244 g/mol. The summed E-state index contributed by atoms with van der Waals surface area (Å²) in [6.45, 7) is 4.18. The molecule has 0 bridgehead atoms. The van der Waals surface area contributed by atoms with Crippen molar-refractivity contribution in [2.24, 2.45) is 0 Å². The molecule has 0 spiro atoms. The zero-order chi connectivity index (χ0) is 11.8. The lowest BCUT2D eigenvalue weighted by atomic mass is 10.4. The largest absolute Gasteiger partial charge is 0.338 e. The Hall–Kier alpha value is -0.880. The third-order valence-electron chi connectivity index (χ3n) is 2.98. The summed E-state index contributed by atoms with van der Waals surface area (Å²) in [5.74, 6) is -0.191. The van der Waals surface area contributed by atoms with Crippen LogP contribution in [0.1, 0.15) is 19.3 Å². The Balaban J connectivity index is 1.96. The van der Waals surface area contributed by atoms with Crippen molar-refractivity contribution < 1.29 is 13.2 Å². The van der Waals surface area contributed by atoms with E-state index in [0.29, 0.717) is 13.0 Å². The number of likely N-dealkylation sites (tertiary alicyclic amines) is 1. The first-order valence-electron chi connectivity index (χ1n) is 5.45. The molecular weight excluding hydrogens is 228 g/mol. The van der Waals surface area contributed by atoms with E-state index in [1.165, 1.54) is 11.0 Å². The van der Waals surface area contributed by atoms with Crippen molar-refractivity contribution >= 4 is 15.9 Å². The van der Waals surface area contributed by atoms with Crippen molar-refractivity contribution in [3.05, 3.63) is 12.7 Å². The predicted octanol–water partition coefficient (Wildman–Crippen LogP) is -0.145. The molecule has 1 atom stereocenters. The summed E-state index contributed by atoms with van der Waals surface area (Å²) >= 11 is 0. The summed E-state index contributed by atoms with van der Waals surface area (Å²) in [4.78, 5) is 12.8. The minimum Gasteiger partial charge on any atom is -0.338 e. The zero-order valence-electron chi connectivity index (χ0n) is 9.05. The molecule has 2 aliphatic rings. The van der Waals surface area contributed by atoms with Crippen LogP contribution in [0.3, 0.4) is 0 Å². The summed E-state index contributed by atoms with van der Waals surface area (Å²) in [5.41, 5.74) is 0. The molecule has 0 aromatic heterocycles. The van der Waals surface area contributed by atoms with Gasteiger partial charge in [0.05, 0.1) is 5.25 Å². The highest BCUT2D eigenvalue weighted by Gasteiger charge is 2.37. The van der Waals surface area contributed by atoms with Gasteiger partial charge >= 0.3 is 0 Å².